The zero-order chi connectivity index (χ0) is 5.11. The Morgan fingerprint density at radius 3 is 1.70 bits per heavy atom. The summed E-state index contributed by atoms with van der Waals surface area (Å²) in [6.45, 7) is 2.16. The Balaban J connectivity index is -0.000000163. The van der Waals surface area contributed by atoms with Crippen LogP contribution < -0.4 is 24.8 Å². The first-order valence-corrected chi connectivity index (χ1v) is 2.64. The minimum absolute atomic E-state index is 0. The van der Waals surface area contributed by atoms with Crippen LogP contribution in [0, 0.1) is 0 Å². The van der Waals surface area contributed by atoms with Crippen molar-refractivity contribution in [1.82, 2.24) is 0 Å². The predicted molar refractivity (Wildman–Crippen MR) is 31.4 cm³/mol. The SMILES string of the molecule is CC[c-]1cccc1.[Cl-].[Cl-].[Hf]. The second-order valence-corrected chi connectivity index (χ2v) is 1.65. The van der Waals surface area contributed by atoms with E-state index in [1.54, 1.807) is 0 Å². The van der Waals surface area contributed by atoms with Crippen LogP contribution in [0.15, 0.2) is 24.3 Å². The van der Waals surface area contributed by atoms with Crippen molar-refractivity contribution < 1.29 is 50.7 Å². The summed E-state index contributed by atoms with van der Waals surface area (Å²) in [5.41, 5.74) is 1.43. The summed E-state index contributed by atoms with van der Waals surface area (Å²) in [4.78, 5) is 0. The Hall–Kier alpha value is 0.800. The summed E-state index contributed by atoms with van der Waals surface area (Å²) in [5.74, 6) is 0. The minimum atomic E-state index is 0. The maximum Gasteiger partial charge on any atom is 0 e. The molecule has 1 rings (SSSR count). The number of aryl methyl sites for hydroxylation is 1. The van der Waals surface area contributed by atoms with Gasteiger partial charge in [-0.05, 0) is 0 Å². The monoisotopic (exact) mass is 343 g/mol. The fraction of sp³-hybridized carbons (Fsp3) is 0.286. The van der Waals surface area contributed by atoms with Gasteiger partial charge in [-0.25, -0.2) is 12.1 Å². The van der Waals surface area contributed by atoms with Crippen molar-refractivity contribution in [3.8, 4) is 0 Å². The zero-order valence-corrected chi connectivity index (χ0v) is 10.9. The van der Waals surface area contributed by atoms with Crippen molar-refractivity contribution in [2.45, 2.75) is 13.3 Å². The first-order valence-electron chi connectivity index (χ1n) is 2.64. The Labute approximate surface area is 93.4 Å². The molecule has 0 N–H and O–H groups in total. The molecule has 1 aromatic carbocycles. The molecule has 58 valence electrons. The summed E-state index contributed by atoms with van der Waals surface area (Å²) < 4.78 is 0. The molecular weight excluding hydrogens is 333 g/mol. The molecule has 0 fully saturated rings. The second-order valence-electron chi connectivity index (χ2n) is 1.65. The van der Waals surface area contributed by atoms with Crippen LogP contribution >= 0.6 is 0 Å². The Kier molecular flexibility index (Phi) is 16.7. The van der Waals surface area contributed by atoms with Crippen molar-refractivity contribution >= 4 is 0 Å². The van der Waals surface area contributed by atoms with Crippen LogP contribution in [0.25, 0.3) is 0 Å². The minimum Gasteiger partial charge on any atom is -1.00 e. The Bertz CT molecular complexity index is 126. The third-order valence-electron chi connectivity index (χ3n) is 1.14. The van der Waals surface area contributed by atoms with Gasteiger partial charge in [0.15, 0.2) is 0 Å². The Morgan fingerprint density at radius 2 is 1.50 bits per heavy atom. The van der Waals surface area contributed by atoms with Gasteiger partial charge < -0.3 is 24.8 Å². The number of hydrogen-bond acceptors (Lipinski definition) is 0. The third-order valence-corrected chi connectivity index (χ3v) is 1.14. The molecule has 0 heterocycles. The van der Waals surface area contributed by atoms with Crippen LogP contribution in [0.1, 0.15) is 12.5 Å². The largest absolute Gasteiger partial charge is 1.00 e. The molecule has 0 saturated carbocycles. The van der Waals surface area contributed by atoms with Crippen molar-refractivity contribution in [3.05, 3.63) is 29.8 Å². The van der Waals surface area contributed by atoms with Gasteiger partial charge in [-0.1, -0.05) is 13.3 Å². The first kappa shape index (κ1) is 17.0. The number of rotatable bonds is 1. The van der Waals surface area contributed by atoms with Gasteiger partial charge in [0, 0.05) is 25.8 Å². The van der Waals surface area contributed by atoms with Gasteiger partial charge in [0.05, 0.1) is 0 Å². The molecule has 0 aliphatic carbocycles. The van der Waals surface area contributed by atoms with Crippen LogP contribution in [0.2, 0.25) is 0 Å². The van der Waals surface area contributed by atoms with Crippen LogP contribution in [0.3, 0.4) is 0 Å². The average molecular weight is 343 g/mol. The normalized spacial score (nSPS) is 6.50. The van der Waals surface area contributed by atoms with E-state index in [1.807, 2.05) is 0 Å². The van der Waals surface area contributed by atoms with Gasteiger partial charge in [0.25, 0.3) is 0 Å². The van der Waals surface area contributed by atoms with Crippen molar-refractivity contribution in [2.24, 2.45) is 0 Å². The molecule has 0 radical (unpaired) electrons. The predicted octanol–water partition coefficient (Wildman–Crippen LogP) is -4.03. The quantitative estimate of drug-likeness (QED) is 0.360. The molecule has 0 nitrogen and oxygen atoms in total. The molecule has 0 saturated heterocycles. The molecular formula is C7H9Cl2Hf-3. The number of halogens is 2. The van der Waals surface area contributed by atoms with E-state index in [1.165, 1.54) is 5.56 Å². The summed E-state index contributed by atoms with van der Waals surface area (Å²) in [7, 11) is 0. The van der Waals surface area contributed by atoms with Crippen molar-refractivity contribution in [2.75, 3.05) is 0 Å². The molecule has 0 spiro atoms. The van der Waals surface area contributed by atoms with Gasteiger partial charge in [-0.3, -0.25) is 0 Å². The van der Waals surface area contributed by atoms with E-state index in [9.17, 15) is 0 Å². The molecule has 10 heavy (non-hydrogen) atoms. The summed E-state index contributed by atoms with van der Waals surface area (Å²) in [5, 5.41) is 0. The smallest absolute Gasteiger partial charge is 0 e. The maximum absolute atomic E-state index is 2.16. The van der Waals surface area contributed by atoms with E-state index in [-0.39, 0.29) is 50.7 Å². The molecule has 0 aliphatic heterocycles. The van der Waals surface area contributed by atoms with E-state index >= 15 is 0 Å². The van der Waals surface area contributed by atoms with Crippen LogP contribution in [0.5, 0.6) is 0 Å². The van der Waals surface area contributed by atoms with Gasteiger partial charge in [0.1, 0.15) is 0 Å². The van der Waals surface area contributed by atoms with E-state index in [2.05, 4.69) is 31.2 Å². The van der Waals surface area contributed by atoms with Gasteiger partial charge in [0.2, 0.25) is 0 Å². The topological polar surface area (TPSA) is 0 Å². The molecule has 0 aromatic heterocycles. The molecule has 0 aliphatic rings. The van der Waals surface area contributed by atoms with Crippen LogP contribution in [-0.4, -0.2) is 0 Å². The van der Waals surface area contributed by atoms with Gasteiger partial charge >= 0.3 is 0 Å². The Morgan fingerprint density at radius 1 is 1.10 bits per heavy atom. The van der Waals surface area contributed by atoms with Crippen LogP contribution in [0.4, 0.5) is 0 Å². The van der Waals surface area contributed by atoms with Crippen molar-refractivity contribution in [3.63, 3.8) is 0 Å². The molecule has 1 aromatic rings. The molecule has 0 unspecified atom stereocenters. The fourth-order valence-electron chi connectivity index (χ4n) is 0.650. The molecule has 3 heteroatoms. The maximum atomic E-state index is 2.16. The molecule has 0 atom stereocenters. The third kappa shape index (κ3) is 5.57. The summed E-state index contributed by atoms with van der Waals surface area (Å²) >= 11 is 0. The van der Waals surface area contributed by atoms with E-state index in [4.69, 9.17) is 0 Å². The van der Waals surface area contributed by atoms with E-state index in [0.717, 1.165) is 6.42 Å². The van der Waals surface area contributed by atoms with Crippen LogP contribution in [-0.2, 0) is 32.3 Å². The van der Waals surface area contributed by atoms with Crippen molar-refractivity contribution in [1.29, 1.82) is 0 Å². The van der Waals surface area contributed by atoms with Gasteiger partial charge in [-0.2, -0.15) is 17.7 Å². The van der Waals surface area contributed by atoms with E-state index in [0.29, 0.717) is 0 Å². The standard InChI is InChI=1S/C7H9.2ClH.Hf/c1-2-7-5-3-4-6-7;;;/h3-6H,2H2,1H3;2*1H;/q-1;;;/p-2. The first-order chi connectivity index (χ1) is 3.43. The van der Waals surface area contributed by atoms with Gasteiger partial charge in [-0.15, -0.1) is 0 Å². The molecule has 0 amide bonds. The van der Waals surface area contributed by atoms with E-state index < -0.39 is 0 Å². The second kappa shape index (κ2) is 9.80. The number of hydrogen-bond donors (Lipinski definition) is 0. The summed E-state index contributed by atoms with van der Waals surface area (Å²) in [6.07, 6.45) is 1.16. The molecule has 0 bridgehead atoms. The average Bonchev–Trinajstić information content (AvgIpc) is 2.14. The zero-order valence-electron chi connectivity index (χ0n) is 5.77. The fourth-order valence-corrected chi connectivity index (χ4v) is 0.650. The summed E-state index contributed by atoms with van der Waals surface area (Å²) in [6, 6.07) is 8.41.